The second-order valence-corrected chi connectivity index (χ2v) is 7.24. The van der Waals surface area contributed by atoms with Crippen molar-refractivity contribution in [1.82, 2.24) is 10.2 Å². The summed E-state index contributed by atoms with van der Waals surface area (Å²) in [4.78, 5) is 27.4. The Bertz CT molecular complexity index is 712. The molecule has 9 heteroatoms. The highest BCUT2D eigenvalue weighted by molar-refractivity contribution is 6.00. The van der Waals surface area contributed by atoms with Crippen LogP contribution in [-0.4, -0.2) is 55.1 Å². The molecule has 0 aromatic heterocycles. The lowest BCUT2D eigenvalue weighted by Crippen LogP contribution is -2.45. The number of carbonyl (C=O) groups excluding carboxylic acids is 1. The third-order valence-electron chi connectivity index (χ3n) is 4.79. The Balaban J connectivity index is 2.28. The topological polar surface area (TPSA) is 72.9 Å². The molecular formula is C18H24F3N3O3. The zero-order chi connectivity index (χ0) is 20.4. The van der Waals surface area contributed by atoms with Crippen LogP contribution >= 0.6 is 0 Å². The third kappa shape index (κ3) is 4.91. The number of hydrogen-bond acceptors (Lipinski definition) is 4. The highest BCUT2D eigenvalue weighted by Gasteiger charge is 2.36. The van der Waals surface area contributed by atoms with E-state index in [2.05, 4.69) is 10.2 Å². The smallest absolute Gasteiger partial charge is 0.416 e. The largest absolute Gasteiger partial charge is 0.480 e. The molecule has 0 radical (unpaired) electrons. The molecule has 150 valence electrons. The number of rotatable bonds is 5. The van der Waals surface area contributed by atoms with Crippen molar-refractivity contribution >= 4 is 17.6 Å². The predicted molar refractivity (Wildman–Crippen MR) is 94.4 cm³/mol. The summed E-state index contributed by atoms with van der Waals surface area (Å²) in [5.41, 5.74) is -1.55. The van der Waals surface area contributed by atoms with Crippen molar-refractivity contribution in [2.75, 3.05) is 38.1 Å². The second-order valence-electron chi connectivity index (χ2n) is 7.24. The van der Waals surface area contributed by atoms with Crippen LogP contribution < -0.4 is 10.2 Å². The fourth-order valence-corrected chi connectivity index (χ4v) is 2.75. The van der Waals surface area contributed by atoms with E-state index >= 15 is 0 Å². The molecule has 0 atom stereocenters. The number of alkyl halides is 3. The van der Waals surface area contributed by atoms with Gasteiger partial charge in [-0.2, -0.15) is 13.2 Å². The van der Waals surface area contributed by atoms with Crippen LogP contribution in [0, 0.1) is 5.41 Å². The van der Waals surface area contributed by atoms with E-state index in [1.165, 1.54) is 19.9 Å². The van der Waals surface area contributed by atoms with E-state index in [-0.39, 0.29) is 6.54 Å². The summed E-state index contributed by atoms with van der Waals surface area (Å²) in [6, 6.07) is 3.46. The van der Waals surface area contributed by atoms with E-state index < -0.39 is 29.0 Å². The van der Waals surface area contributed by atoms with Crippen molar-refractivity contribution < 1.29 is 27.9 Å². The van der Waals surface area contributed by atoms with E-state index in [1.807, 2.05) is 11.9 Å². The average Bonchev–Trinajstić information content (AvgIpc) is 2.59. The molecule has 6 nitrogen and oxygen atoms in total. The molecule has 0 unspecified atom stereocenters. The van der Waals surface area contributed by atoms with Gasteiger partial charge in [0, 0.05) is 38.4 Å². The Morgan fingerprint density at radius 3 is 2.26 bits per heavy atom. The van der Waals surface area contributed by atoms with Gasteiger partial charge in [0.05, 0.1) is 5.56 Å². The summed E-state index contributed by atoms with van der Waals surface area (Å²) in [5.74, 6) is -2.06. The molecule has 0 saturated carbocycles. The van der Waals surface area contributed by atoms with Crippen LogP contribution in [0.15, 0.2) is 18.2 Å². The van der Waals surface area contributed by atoms with Crippen LogP contribution in [0.2, 0.25) is 0 Å². The number of benzene rings is 1. The number of amides is 1. The van der Waals surface area contributed by atoms with Crippen molar-refractivity contribution in [3.63, 3.8) is 0 Å². The summed E-state index contributed by atoms with van der Waals surface area (Å²) in [5, 5.41) is 11.6. The molecule has 1 amide bonds. The minimum absolute atomic E-state index is 0.179. The Morgan fingerprint density at radius 2 is 1.74 bits per heavy atom. The van der Waals surface area contributed by atoms with Crippen LogP contribution in [0.5, 0.6) is 0 Å². The molecule has 27 heavy (non-hydrogen) atoms. The van der Waals surface area contributed by atoms with E-state index in [1.54, 1.807) is 0 Å². The number of piperazine rings is 1. The maximum atomic E-state index is 13.1. The Morgan fingerprint density at radius 1 is 1.15 bits per heavy atom. The molecule has 1 saturated heterocycles. The maximum absolute atomic E-state index is 13.1. The van der Waals surface area contributed by atoms with Crippen LogP contribution in [0.1, 0.15) is 25.0 Å². The highest BCUT2D eigenvalue weighted by Crippen LogP contribution is 2.33. The van der Waals surface area contributed by atoms with Gasteiger partial charge in [0.25, 0.3) is 0 Å². The van der Waals surface area contributed by atoms with Crippen LogP contribution in [0.25, 0.3) is 0 Å². The summed E-state index contributed by atoms with van der Waals surface area (Å²) < 4.78 is 39.3. The average molecular weight is 387 g/mol. The number of anilines is 1. The van der Waals surface area contributed by atoms with Gasteiger partial charge in [-0.3, -0.25) is 9.59 Å². The van der Waals surface area contributed by atoms with E-state index in [4.69, 9.17) is 5.11 Å². The quantitative estimate of drug-likeness (QED) is 0.758. The first kappa shape index (κ1) is 21.0. The van der Waals surface area contributed by atoms with Crippen molar-refractivity contribution in [3.05, 3.63) is 29.3 Å². The normalized spacial score (nSPS) is 16.3. The van der Waals surface area contributed by atoms with Gasteiger partial charge in [-0.1, -0.05) is 0 Å². The van der Waals surface area contributed by atoms with Crippen molar-refractivity contribution in [2.45, 2.75) is 26.6 Å². The van der Waals surface area contributed by atoms with Crippen LogP contribution in [-0.2, 0) is 22.3 Å². The maximum Gasteiger partial charge on any atom is 0.416 e. The lowest BCUT2D eigenvalue weighted by atomic mass is 9.92. The Hall–Kier alpha value is -2.29. The number of halogens is 3. The van der Waals surface area contributed by atoms with Gasteiger partial charge in [-0.25, -0.2) is 0 Å². The summed E-state index contributed by atoms with van der Waals surface area (Å²) in [6.45, 7) is 5.18. The first-order valence-corrected chi connectivity index (χ1v) is 8.58. The SMILES string of the molecule is CN1CCN(c2ccc(C(F)(F)F)cc2CNC(=O)C(C)(C)C(=O)O)CC1. The minimum atomic E-state index is -4.50. The molecule has 1 fully saturated rings. The molecule has 1 aromatic rings. The molecule has 2 N–H and O–H groups in total. The van der Waals surface area contributed by atoms with Crippen molar-refractivity contribution in [3.8, 4) is 0 Å². The Labute approximate surface area is 155 Å². The molecule has 1 aromatic carbocycles. The first-order valence-electron chi connectivity index (χ1n) is 8.58. The van der Waals surface area contributed by atoms with Gasteiger partial charge < -0.3 is 20.2 Å². The molecule has 2 rings (SSSR count). The van der Waals surface area contributed by atoms with E-state index in [0.29, 0.717) is 24.3 Å². The van der Waals surface area contributed by atoms with Gasteiger partial charge in [0.15, 0.2) is 0 Å². The van der Waals surface area contributed by atoms with Crippen molar-refractivity contribution in [2.24, 2.45) is 5.41 Å². The number of nitrogens with zero attached hydrogens (tertiary/aromatic N) is 2. The predicted octanol–water partition coefficient (Wildman–Crippen LogP) is 2.18. The monoisotopic (exact) mass is 387 g/mol. The van der Waals surface area contributed by atoms with E-state index in [9.17, 15) is 22.8 Å². The lowest BCUT2D eigenvalue weighted by Gasteiger charge is -2.35. The molecule has 1 heterocycles. The number of aliphatic carboxylic acids is 1. The van der Waals surface area contributed by atoms with Gasteiger partial charge in [-0.15, -0.1) is 0 Å². The number of carboxylic acid groups (broad SMARTS) is 1. The lowest BCUT2D eigenvalue weighted by molar-refractivity contribution is -0.153. The van der Waals surface area contributed by atoms with Crippen LogP contribution in [0.3, 0.4) is 0 Å². The molecule has 1 aliphatic heterocycles. The fraction of sp³-hybridized carbons (Fsp3) is 0.556. The van der Waals surface area contributed by atoms with Gasteiger partial charge in [0.2, 0.25) is 5.91 Å². The molecular weight excluding hydrogens is 363 g/mol. The van der Waals surface area contributed by atoms with Gasteiger partial charge >= 0.3 is 12.1 Å². The molecule has 0 aliphatic carbocycles. The highest BCUT2D eigenvalue weighted by atomic mass is 19.4. The van der Waals surface area contributed by atoms with Crippen molar-refractivity contribution in [1.29, 1.82) is 0 Å². The van der Waals surface area contributed by atoms with Gasteiger partial charge in [0.1, 0.15) is 5.41 Å². The summed E-state index contributed by atoms with van der Waals surface area (Å²) in [7, 11) is 1.97. The zero-order valence-electron chi connectivity index (χ0n) is 15.6. The first-order chi connectivity index (χ1) is 12.4. The third-order valence-corrected chi connectivity index (χ3v) is 4.79. The molecule has 0 bridgehead atoms. The summed E-state index contributed by atoms with van der Waals surface area (Å²) >= 11 is 0. The standard InChI is InChI=1S/C18H24F3N3O3/c1-17(2,16(26)27)15(25)22-11-12-10-13(18(19,20)21)4-5-14(12)24-8-6-23(3)7-9-24/h4-5,10H,6-9,11H2,1-3H3,(H,22,25)(H,26,27). The molecule has 0 spiro atoms. The number of hydrogen-bond donors (Lipinski definition) is 2. The Kier molecular flexibility index (Phi) is 6.04. The number of carboxylic acids is 1. The van der Waals surface area contributed by atoms with Crippen LogP contribution in [0.4, 0.5) is 18.9 Å². The number of nitrogens with one attached hydrogen (secondary N) is 1. The van der Waals surface area contributed by atoms with Gasteiger partial charge in [-0.05, 0) is 44.7 Å². The minimum Gasteiger partial charge on any atom is -0.480 e. The second kappa shape index (κ2) is 7.75. The zero-order valence-corrected chi connectivity index (χ0v) is 15.6. The summed E-state index contributed by atoms with van der Waals surface area (Å²) in [6.07, 6.45) is -4.50. The fourth-order valence-electron chi connectivity index (χ4n) is 2.75. The molecule has 1 aliphatic rings. The number of carbonyl (C=O) groups is 2. The van der Waals surface area contributed by atoms with E-state index in [0.717, 1.165) is 25.2 Å². The number of likely N-dealkylation sites (N-methyl/N-ethyl adjacent to an activating group) is 1.